The van der Waals surface area contributed by atoms with Gasteiger partial charge in [-0.2, -0.15) is 0 Å². The van der Waals surface area contributed by atoms with Crippen molar-refractivity contribution in [2.24, 2.45) is 0 Å². The summed E-state index contributed by atoms with van der Waals surface area (Å²) in [6.45, 7) is 0. The summed E-state index contributed by atoms with van der Waals surface area (Å²) in [5.41, 5.74) is 3.42. The maximum absolute atomic E-state index is 13.6. The summed E-state index contributed by atoms with van der Waals surface area (Å²) in [6, 6.07) is 13.3. The van der Waals surface area contributed by atoms with E-state index in [4.69, 9.17) is 0 Å². The van der Waals surface area contributed by atoms with Gasteiger partial charge in [0, 0.05) is 12.3 Å². The molecular weight excluding hydrogens is 331 g/mol. The van der Waals surface area contributed by atoms with Crippen molar-refractivity contribution in [3.63, 3.8) is 0 Å². The van der Waals surface area contributed by atoms with Gasteiger partial charge in [-0.05, 0) is 57.9 Å². The molecule has 0 radical (unpaired) electrons. The first-order valence-electron chi connectivity index (χ1n) is 7.35. The van der Waals surface area contributed by atoms with Crippen LogP contribution in [0.3, 0.4) is 0 Å². The lowest BCUT2D eigenvalue weighted by Crippen LogP contribution is -2.25. The predicted octanol–water partition coefficient (Wildman–Crippen LogP) is 4.61. The summed E-state index contributed by atoms with van der Waals surface area (Å²) in [6.07, 6.45) is 3.17. The van der Waals surface area contributed by atoms with Crippen LogP contribution in [0, 0.1) is 5.82 Å². The van der Waals surface area contributed by atoms with E-state index in [1.807, 2.05) is 12.1 Å². The van der Waals surface area contributed by atoms with E-state index in [0.29, 0.717) is 10.9 Å². The van der Waals surface area contributed by atoms with Crippen molar-refractivity contribution >= 4 is 15.9 Å². The molecule has 21 heavy (non-hydrogen) atoms. The highest BCUT2D eigenvalue weighted by Gasteiger charge is 2.27. The van der Waals surface area contributed by atoms with Crippen LogP contribution in [0.2, 0.25) is 0 Å². The van der Waals surface area contributed by atoms with Gasteiger partial charge in [-0.3, -0.25) is 0 Å². The van der Waals surface area contributed by atoms with E-state index in [1.54, 1.807) is 6.07 Å². The van der Waals surface area contributed by atoms with Crippen molar-refractivity contribution < 1.29 is 9.50 Å². The van der Waals surface area contributed by atoms with E-state index in [9.17, 15) is 9.50 Å². The molecule has 1 N–H and O–H groups in total. The lowest BCUT2D eigenvalue weighted by molar-refractivity contribution is 0.134. The number of aliphatic hydroxyl groups is 1. The molecule has 0 saturated heterocycles. The summed E-state index contributed by atoms with van der Waals surface area (Å²) < 4.78 is 14.0. The highest BCUT2D eigenvalue weighted by molar-refractivity contribution is 9.10. The van der Waals surface area contributed by atoms with Crippen molar-refractivity contribution in [2.75, 3.05) is 0 Å². The number of hydrogen-bond donors (Lipinski definition) is 1. The molecule has 1 nitrogen and oxygen atoms in total. The Labute approximate surface area is 132 Å². The van der Waals surface area contributed by atoms with Gasteiger partial charge in [0.15, 0.2) is 0 Å². The molecule has 3 heteroatoms. The second kappa shape index (κ2) is 6.29. The van der Waals surface area contributed by atoms with E-state index in [2.05, 4.69) is 34.1 Å². The predicted molar refractivity (Wildman–Crippen MR) is 85.9 cm³/mol. The number of aliphatic hydroxyl groups excluding tert-OH is 1. The van der Waals surface area contributed by atoms with Gasteiger partial charge >= 0.3 is 0 Å². The Morgan fingerprint density at radius 3 is 2.86 bits per heavy atom. The normalized spacial score (nSPS) is 19.1. The monoisotopic (exact) mass is 348 g/mol. The second-order valence-electron chi connectivity index (χ2n) is 5.68. The highest BCUT2D eigenvalue weighted by atomic mass is 79.9. The number of rotatable bonds is 3. The van der Waals surface area contributed by atoms with Crippen molar-refractivity contribution in [3.8, 4) is 0 Å². The SMILES string of the molecule is OC(Cc1cccc(F)c1Br)C1CCCc2ccccc21. The summed E-state index contributed by atoms with van der Waals surface area (Å²) in [7, 11) is 0. The third kappa shape index (κ3) is 3.04. The van der Waals surface area contributed by atoms with Crippen molar-refractivity contribution in [2.45, 2.75) is 37.7 Å². The Balaban J connectivity index is 1.83. The molecule has 0 bridgehead atoms. The Morgan fingerprint density at radius 2 is 2.00 bits per heavy atom. The minimum absolute atomic E-state index is 0.144. The first-order valence-corrected chi connectivity index (χ1v) is 8.15. The fourth-order valence-electron chi connectivity index (χ4n) is 3.26. The molecule has 0 heterocycles. The minimum Gasteiger partial charge on any atom is -0.392 e. The minimum atomic E-state index is -0.482. The Hall–Kier alpha value is -1.19. The van der Waals surface area contributed by atoms with Crippen LogP contribution in [0.15, 0.2) is 46.9 Å². The summed E-state index contributed by atoms with van der Waals surface area (Å²) in [5.74, 6) is -0.131. The molecule has 1 aliphatic rings. The summed E-state index contributed by atoms with van der Waals surface area (Å²) >= 11 is 3.28. The molecule has 0 spiro atoms. The van der Waals surface area contributed by atoms with Gasteiger partial charge < -0.3 is 5.11 Å². The van der Waals surface area contributed by atoms with Crippen LogP contribution < -0.4 is 0 Å². The van der Waals surface area contributed by atoms with Crippen LogP contribution in [0.5, 0.6) is 0 Å². The van der Waals surface area contributed by atoms with Crippen LogP contribution in [0.25, 0.3) is 0 Å². The van der Waals surface area contributed by atoms with Crippen LogP contribution in [0.1, 0.15) is 35.4 Å². The van der Waals surface area contributed by atoms with Crippen LogP contribution >= 0.6 is 15.9 Å². The molecule has 0 fully saturated rings. The van der Waals surface area contributed by atoms with E-state index in [-0.39, 0.29) is 11.7 Å². The molecule has 0 aromatic heterocycles. The van der Waals surface area contributed by atoms with Crippen molar-refractivity contribution in [1.82, 2.24) is 0 Å². The number of fused-ring (bicyclic) bond motifs is 1. The molecule has 3 rings (SSSR count). The zero-order chi connectivity index (χ0) is 14.8. The zero-order valence-electron chi connectivity index (χ0n) is 11.7. The third-order valence-electron chi connectivity index (χ3n) is 4.34. The molecule has 2 aromatic carbocycles. The van der Waals surface area contributed by atoms with Gasteiger partial charge in [0.05, 0.1) is 10.6 Å². The van der Waals surface area contributed by atoms with Gasteiger partial charge in [0.25, 0.3) is 0 Å². The number of benzene rings is 2. The van der Waals surface area contributed by atoms with E-state index >= 15 is 0 Å². The molecule has 110 valence electrons. The fraction of sp³-hybridized carbons (Fsp3) is 0.333. The highest BCUT2D eigenvalue weighted by Crippen LogP contribution is 2.35. The Morgan fingerprint density at radius 1 is 1.19 bits per heavy atom. The Bertz CT molecular complexity index is 641. The van der Waals surface area contributed by atoms with Gasteiger partial charge in [0.2, 0.25) is 0 Å². The number of halogens is 2. The first-order chi connectivity index (χ1) is 10.2. The summed E-state index contributed by atoms with van der Waals surface area (Å²) in [4.78, 5) is 0. The average Bonchev–Trinajstić information content (AvgIpc) is 2.51. The van der Waals surface area contributed by atoms with Crippen LogP contribution in [-0.4, -0.2) is 11.2 Å². The Kier molecular flexibility index (Phi) is 4.41. The molecule has 1 aliphatic carbocycles. The van der Waals surface area contributed by atoms with E-state index in [0.717, 1.165) is 24.8 Å². The molecule has 0 saturated carbocycles. The van der Waals surface area contributed by atoms with E-state index < -0.39 is 6.10 Å². The summed E-state index contributed by atoms with van der Waals surface area (Å²) in [5, 5.41) is 10.6. The molecule has 0 amide bonds. The lowest BCUT2D eigenvalue weighted by Gasteiger charge is -2.29. The maximum Gasteiger partial charge on any atom is 0.137 e. The molecule has 2 atom stereocenters. The number of hydrogen-bond acceptors (Lipinski definition) is 1. The fourth-order valence-corrected chi connectivity index (χ4v) is 3.69. The van der Waals surface area contributed by atoms with Crippen molar-refractivity contribution in [3.05, 3.63) is 69.4 Å². The largest absolute Gasteiger partial charge is 0.392 e. The molecular formula is C18H18BrFO. The third-order valence-corrected chi connectivity index (χ3v) is 5.23. The quantitative estimate of drug-likeness (QED) is 0.858. The maximum atomic E-state index is 13.6. The van der Waals surface area contributed by atoms with E-state index in [1.165, 1.54) is 17.2 Å². The number of aryl methyl sites for hydroxylation is 1. The zero-order valence-corrected chi connectivity index (χ0v) is 13.3. The van der Waals surface area contributed by atoms with Crippen molar-refractivity contribution in [1.29, 1.82) is 0 Å². The van der Waals surface area contributed by atoms with Gasteiger partial charge in [0.1, 0.15) is 5.82 Å². The van der Waals surface area contributed by atoms with Crippen LogP contribution in [0.4, 0.5) is 4.39 Å². The molecule has 2 unspecified atom stereocenters. The van der Waals surface area contributed by atoms with Gasteiger partial charge in [-0.1, -0.05) is 36.4 Å². The van der Waals surface area contributed by atoms with Crippen LogP contribution in [-0.2, 0) is 12.8 Å². The molecule has 2 aromatic rings. The van der Waals surface area contributed by atoms with Gasteiger partial charge in [-0.15, -0.1) is 0 Å². The second-order valence-corrected chi connectivity index (χ2v) is 6.47. The topological polar surface area (TPSA) is 20.2 Å². The molecule has 0 aliphatic heterocycles. The standard InChI is InChI=1S/C18H18BrFO/c19-18-13(7-4-10-16(18)20)11-17(21)15-9-3-6-12-5-1-2-8-14(12)15/h1-2,4-5,7-8,10,15,17,21H,3,6,9,11H2. The smallest absolute Gasteiger partial charge is 0.137 e. The lowest BCUT2D eigenvalue weighted by atomic mass is 9.78. The first kappa shape index (κ1) is 14.7. The average molecular weight is 349 g/mol. The van der Waals surface area contributed by atoms with Gasteiger partial charge in [-0.25, -0.2) is 4.39 Å².